The number of furan rings is 1. The van der Waals surface area contributed by atoms with E-state index in [0.29, 0.717) is 24.4 Å². The van der Waals surface area contributed by atoms with Gasteiger partial charge in [0.05, 0.1) is 11.6 Å². The zero-order valence-corrected chi connectivity index (χ0v) is 12.3. The van der Waals surface area contributed by atoms with Gasteiger partial charge in [-0.25, -0.2) is 0 Å². The van der Waals surface area contributed by atoms with E-state index in [9.17, 15) is 10.1 Å². The minimum absolute atomic E-state index is 0.0157. The van der Waals surface area contributed by atoms with Crippen molar-refractivity contribution in [3.63, 3.8) is 0 Å². The summed E-state index contributed by atoms with van der Waals surface area (Å²) in [6.07, 6.45) is 3.42. The van der Waals surface area contributed by atoms with Crippen LogP contribution in [0.5, 0.6) is 0 Å². The zero-order chi connectivity index (χ0) is 14.0. The molecule has 2 heterocycles. The van der Waals surface area contributed by atoms with Gasteiger partial charge >= 0.3 is 0 Å². The van der Waals surface area contributed by atoms with Crippen LogP contribution in [0.4, 0.5) is 0 Å². The summed E-state index contributed by atoms with van der Waals surface area (Å²) in [5.41, 5.74) is 0.645. The number of carbonyl (C=O) groups excluding carboxylic acids is 1. The normalized spacial score (nSPS) is 18.1. The number of amides is 1. The Morgan fingerprint density at radius 2 is 2.11 bits per heavy atom. The van der Waals surface area contributed by atoms with Crippen LogP contribution in [0.15, 0.2) is 10.5 Å². The summed E-state index contributed by atoms with van der Waals surface area (Å²) in [6, 6.07) is 4.18. The van der Waals surface area contributed by atoms with E-state index < -0.39 is 0 Å². The molecule has 1 aliphatic rings. The van der Waals surface area contributed by atoms with Gasteiger partial charge < -0.3 is 9.32 Å². The van der Waals surface area contributed by atoms with Gasteiger partial charge in [0, 0.05) is 13.1 Å². The van der Waals surface area contributed by atoms with Gasteiger partial charge in [0.1, 0.15) is 16.3 Å². The van der Waals surface area contributed by atoms with E-state index in [1.807, 2.05) is 25.0 Å². The van der Waals surface area contributed by atoms with Crippen molar-refractivity contribution in [3.05, 3.63) is 23.2 Å². The summed E-state index contributed by atoms with van der Waals surface area (Å²) in [5.74, 6) is 1.44. The highest BCUT2D eigenvalue weighted by Crippen LogP contribution is 2.34. The Hall–Kier alpha value is -1.41. The van der Waals surface area contributed by atoms with Crippen molar-refractivity contribution in [2.75, 3.05) is 19.3 Å². The molecule has 1 fully saturated rings. The van der Waals surface area contributed by atoms with E-state index in [1.165, 1.54) is 0 Å². The Bertz CT molecular complexity index is 522. The fraction of sp³-hybridized carbons (Fsp3) is 0.571. The van der Waals surface area contributed by atoms with Crippen LogP contribution in [0.25, 0.3) is 0 Å². The minimum Gasteiger partial charge on any atom is -0.466 e. The summed E-state index contributed by atoms with van der Waals surface area (Å²) in [4.78, 5) is 14.2. The van der Waals surface area contributed by atoms with Gasteiger partial charge in [-0.2, -0.15) is 5.26 Å². The van der Waals surface area contributed by atoms with E-state index in [4.69, 9.17) is 4.42 Å². The van der Waals surface area contributed by atoms with Crippen LogP contribution >= 0.6 is 11.8 Å². The predicted molar refractivity (Wildman–Crippen MR) is 75.2 cm³/mol. The third kappa shape index (κ3) is 2.64. The number of nitriles is 1. The van der Waals surface area contributed by atoms with Crippen molar-refractivity contribution in [1.82, 2.24) is 4.90 Å². The van der Waals surface area contributed by atoms with Crippen molar-refractivity contribution in [2.45, 2.75) is 31.4 Å². The number of aryl methyl sites for hydroxylation is 2. The standard InChI is InChI=1S/C14H18N2O2S/c1-10-8-12(11(2)18-10)13(17)16-6-4-14(9-15,19-3)5-7-16/h8H,4-7H2,1-3H3. The largest absolute Gasteiger partial charge is 0.466 e. The Balaban J connectivity index is 2.08. The average Bonchev–Trinajstić information content (AvgIpc) is 2.77. The topological polar surface area (TPSA) is 57.2 Å². The third-order valence-corrected chi connectivity index (χ3v) is 5.01. The molecular formula is C14H18N2O2S. The molecule has 0 bridgehead atoms. The van der Waals surface area contributed by atoms with E-state index in [2.05, 4.69) is 6.07 Å². The van der Waals surface area contributed by atoms with Crippen LogP contribution < -0.4 is 0 Å². The fourth-order valence-electron chi connectivity index (χ4n) is 2.45. The molecule has 0 aliphatic carbocycles. The maximum absolute atomic E-state index is 12.4. The van der Waals surface area contributed by atoms with Gasteiger partial charge in [0.25, 0.3) is 5.91 Å². The van der Waals surface area contributed by atoms with Crippen LogP contribution in [0.1, 0.15) is 34.7 Å². The number of carbonyl (C=O) groups is 1. The Morgan fingerprint density at radius 3 is 2.53 bits per heavy atom. The summed E-state index contributed by atoms with van der Waals surface area (Å²) in [6.45, 7) is 4.92. The molecule has 0 spiro atoms. The van der Waals surface area contributed by atoms with E-state index in [0.717, 1.165) is 18.6 Å². The monoisotopic (exact) mass is 278 g/mol. The Morgan fingerprint density at radius 1 is 1.47 bits per heavy atom. The molecule has 102 valence electrons. The predicted octanol–water partition coefficient (Wildman–Crippen LogP) is 2.76. The molecule has 4 nitrogen and oxygen atoms in total. The van der Waals surface area contributed by atoms with Crippen molar-refractivity contribution < 1.29 is 9.21 Å². The number of rotatable bonds is 2. The lowest BCUT2D eigenvalue weighted by Crippen LogP contribution is -2.44. The zero-order valence-electron chi connectivity index (χ0n) is 11.5. The minimum atomic E-state index is -0.321. The molecule has 0 aromatic carbocycles. The molecule has 1 saturated heterocycles. The lowest BCUT2D eigenvalue weighted by atomic mass is 9.96. The van der Waals surface area contributed by atoms with Crippen LogP contribution in [0, 0.1) is 25.2 Å². The highest BCUT2D eigenvalue weighted by Gasteiger charge is 2.36. The molecule has 0 unspecified atom stereocenters. The van der Waals surface area contributed by atoms with Crippen LogP contribution in [0.3, 0.4) is 0 Å². The number of piperidine rings is 1. The second kappa shape index (κ2) is 5.30. The Kier molecular flexibility index (Phi) is 3.91. The molecule has 5 heteroatoms. The van der Waals surface area contributed by atoms with E-state index in [-0.39, 0.29) is 10.7 Å². The molecule has 1 aliphatic heterocycles. The first-order valence-corrected chi connectivity index (χ1v) is 7.56. The first-order valence-electron chi connectivity index (χ1n) is 6.34. The maximum atomic E-state index is 12.4. The van der Waals surface area contributed by atoms with Crippen molar-refractivity contribution >= 4 is 17.7 Å². The number of likely N-dealkylation sites (tertiary alicyclic amines) is 1. The number of thioether (sulfide) groups is 1. The number of hydrogen-bond acceptors (Lipinski definition) is 4. The lowest BCUT2D eigenvalue weighted by Gasteiger charge is -2.36. The molecule has 0 saturated carbocycles. The molecule has 0 N–H and O–H groups in total. The van der Waals surface area contributed by atoms with E-state index in [1.54, 1.807) is 17.8 Å². The summed E-state index contributed by atoms with van der Waals surface area (Å²) in [7, 11) is 0. The Labute approximate surface area is 117 Å². The van der Waals surface area contributed by atoms with Crippen molar-refractivity contribution in [2.24, 2.45) is 0 Å². The first kappa shape index (κ1) is 14.0. The lowest BCUT2D eigenvalue weighted by molar-refractivity contribution is 0.0715. The van der Waals surface area contributed by atoms with Gasteiger partial charge in [-0.3, -0.25) is 4.79 Å². The highest BCUT2D eigenvalue weighted by molar-refractivity contribution is 8.00. The second-order valence-electron chi connectivity index (χ2n) is 4.93. The first-order chi connectivity index (χ1) is 9.01. The van der Waals surface area contributed by atoms with Gasteiger partial charge in [-0.05, 0) is 39.0 Å². The maximum Gasteiger partial charge on any atom is 0.257 e. The molecule has 1 aromatic rings. The van der Waals surface area contributed by atoms with Gasteiger partial charge in [0.15, 0.2) is 0 Å². The highest BCUT2D eigenvalue weighted by atomic mass is 32.2. The number of nitrogens with zero attached hydrogens (tertiary/aromatic N) is 2. The number of hydrogen-bond donors (Lipinski definition) is 0. The second-order valence-corrected chi connectivity index (χ2v) is 6.12. The van der Waals surface area contributed by atoms with Crippen molar-refractivity contribution in [3.8, 4) is 6.07 Å². The molecule has 19 heavy (non-hydrogen) atoms. The summed E-state index contributed by atoms with van der Waals surface area (Å²) in [5, 5.41) is 9.24. The molecular weight excluding hydrogens is 260 g/mol. The summed E-state index contributed by atoms with van der Waals surface area (Å²) >= 11 is 1.59. The molecule has 1 amide bonds. The molecule has 0 radical (unpaired) electrons. The quantitative estimate of drug-likeness (QED) is 0.834. The van der Waals surface area contributed by atoms with Gasteiger partial charge in [-0.15, -0.1) is 11.8 Å². The third-order valence-electron chi connectivity index (χ3n) is 3.72. The van der Waals surface area contributed by atoms with Crippen LogP contribution in [-0.4, -0.2) is 34.9 Å². The molecule has 1 aromatic heterocycles. The molecule has 2 rings (SSSR count). The SMILES string of the molecule is CSC1(C#N)CCN(C(=O)c2cc(C)oc2C)CC1. The van der Waals surface area contributed by atoms with Crippen molar-refractivity contribution in [1.29, 1.82) is 5.26 Å². The summed E-state index contributed by atoms with van der Waals surface area (Å²) < 4.78 is 5.08. The van der Waals surface area contributed by atoms with Crippen LogP contribution in [0.2, 0.25) is 0 Å². The van der Waals surface area contributed by atoms with E-state index >= 15 is 0 Å². The van der Waals surface area contributed by atoms with Crippen LogP contribution in [-0.2, 0) is 0 Å². The molecule has 0 atom stereocenters. The van der Waals surface area contributed by atoms with Gasteiger partial charge in [0.2, 0.25) is 0 Å². The van der Waals surface area contributed by atoms with Gasteiger partial charge in [-0.1, -0.05) is 0 Å². The smallest absolute Gasteiger partial charge is 0.257 e. The fourth-order valence-corrected chi connectivity index (χ4v) is 3.13. The average molecular weight is 278 g/mol.